The lowest BCUT2D eigenvalue weighted by molar-refractivity contribution is 0.354. The number of rotatable bonds is 8. The molecule has 0 saturated heterocycles. The van der Waals surface area contributed by atoms with Crippen LogP contribution in [0.1, 0.15) is 5.56 Å². The van der Waals surface area contributed by atoms with Gasteiger partial charge in [-0.15, -0.1) is 0 Å². The highest BCUT2D eigenvalue weighted by Gasteiger charge is 2.08. The molecule has 140 valence electrons. The molecule has 0 unspecified atom stereocenters. The number of hydrogen-bond acceptors (Lipinski definition) is 6. The number of ether oxygens (including phenoxy) is 2. The summed E-state index contributed by atoms with van der Waals surface area (Å²) in [5.41, 5.74) is 2.20. The molecule has 0 spiro atoms. The molecule has 3 rings (SSSR count). The van der Waals surface area contributed by atoms with Gasteiger partial charge in [-0.25, -0.2) is 4.98 Å². The van der Waals surface area contributed by atoms with E-state index >= 15 is 0 Å². The van der Waals surface area contributed by atoms with Crippen molar-refractivity contribution in [3.63, 3.8) is 0 Å². The smallest absolute Gasteiger partial charge is 0.231 e. The van der Waals surface area contributed by atoms with E-state index in [0.717, 1.165) is 41.5 Å². The Kier molecular flexibility index (Phi) is 6.10. The maximum Gasteiger partial charge on any atom is 0.231 e. The van der Waals surface area contributed by atoms with Gasteiger partial charge in [0.05, 0.1) is 14.2 Å². The minimum Gasteiger partial charge on any atom is -0.493 e. The predicted molar refractivity (Wildman–Crippen MR) is 108 cm³/mol. The van der Waals surface area contributed by atoms with Gasteiger partial charge < -0.3 is 19.7 Å². The first-order valence-electron chi connectivity index (χ1n) is 8.78. The van der Waals surface area contributed by atoms with Crippen LogP contribution < -0.4 is 19.7 Å². The molecule has 0 radical (unpaired) electrons. The summed E-state index contributed by atoms with van der Waals surface area (Å²) in [5, 5.41) is 3.36. The number of anilines is 3. The molecule has 0 fully saturated rings. The highest BCUT2D eigenvalue weighted by molar-refractivity contribution is 5.57. The zero-order valence-corrected chi connectivity index (χ0v) is 15.8. The summed E-state index contributed by atoms with van der Waals surface area (Å²) >= 11 is 0. The third-order valence-electron chi connectivity index (χ3n) is 4.25. The van der Waals surface area contributed by atoms with Crippen molar-refractivity contribution >= 4 is 17.5 Å². The molecule has 0 bridgehead atoms. The van der Waals surface area contributed by atoms with Gasteiger partial charge in [-0.3, -0.25) is 0 Å². The third kappa shape index (κ3) is 4.67. The molecule has 3 aromatic rings. The molecule has 1 N–H and O–H groups in total. The summed E-state index contributed by atoms with van der Waals surface area (Å²) in [6, 6.07) is 17.9. The summed E-state index contributed by atoms with van der Waals surface area (Å²) in [4.78, 5) is 10.9. The van der Waals surface area contributed by atoms with E-state index in [9.17, 15) is 0 Å². The number of benzene rings is 2. The summed E-state index contributed by atoms with van der Waals surface area (Å²) < 4.78 is 10.6. The largest absolute Gasteiger partial charge is 0.493 e. The van der Waals surface area contributed by atoms with Gasteiger partial charge in [-0.2, -0.15) is 4.98 Å². The molecule has 1 aromatic heterocycles. The third-order valence-corrected chi connectivity index (χ3v) is 4.25. The molecule has 2 aromatic carbocycles. The molecule has 6 nitrogen and oxygen atoms in total. The number of nitrogens with one attached hydrogen (secondary N) is 1. The molecular formula is C21H24N4O2. The van der Waals surface area contributed by atoms with E-state index in [1.807, 2.05) is 66.5 Å². The molecule has 0 amide bonds. The van der Waals surface area contributed by atoms with Gasteiger partial charge in [-0.1, -0.05) is 24.3 Å². The van der Waals surface area contributed by atoms with Gasteiger partial charge in [0.15, 0.2) is 11.5 Å². The molecule has 0 saturated carbocycles. The van der Waals surface area contributed by atoms with Crippen LogP contribution in [0.3, 0.4) is 0 Å². The number of aromatic nitrogens is 2. The fourth-order valence-electron chi connectivity index (χ4n) is 2.75. The van der Waals surface area contributed by atoms with Crippen LogP contribution >= 0.6 is 0 Å². The van der Waals surface area contributed by atoms with E-state index < -0.39 is 0 Å². The first-order valence-corrected chi connectivity index (χ1v) is 8.78. The second-order valence-corrected chi connectivity index (χ2v) is 6.00. The SMILES string of the molecule is COc1ccc(CCNc2ccnc(N(C)c3ccccc3)n2)cc1OC. The lowest BCUT2D eigenvalue weighted by Crippen LogP contribution is -2.14. The lowest BCUT2D eigenvalue weighted by atomic mass is 10.1. The van der Waals surface area contributed by atoms with Gasteiger partial charge in [0.25, 0.3) is 0 Å². The molecule has 0 atom stereocenters. The van der Waals surface area contributed by atoms with Gasteiger partial charge >= 0.3 is 0 Å². The zero-order chi connectivity index (χ0) is 19.1. The molecule has 27 heavy (non-hydrogen) atoms. The second kappa shape index (κ2) is 8.89. The van der Waals surface area contributed by atoms with Crippen LogP contribution in [0.4, 0.5) is 17.5 Å². The fraction of sp³-hybridized carbons (Fsp3) is 0.238. The maximum absolute atomic E-state index is 5.35. The average Bonchev–Trinajstić information content (AvgIpc) is 2.74. The van der Waals surface area contributed by atoms with Crippen LogP contribution in [0, 0.1) is 0 Å². The van der Waals surface area contributed by atoms with Gasteiger partial charge in [-0.05, 0) is 42.3 Å². The Balaban J connectivity index is 1.62. The standard InChI is InChI=1S/C21H24N4O2/c1-25(17-7-5-4-6-8-17)21-23-14-12-20(24-21)22-13-11-16-9-10-18(26-2)19(15-16)27-3/h4-10,12,14-15H,11,13H2,1-3H3,(H,22,23,24). The van der Waals surface area contributed by atoms with E-state index in [2.05, 4.69) is 15.3 Å². The van der Waals surface area contributed by atoms with E-state index in [0.29, 0.717) is 5.95 Å². The van der Waals surface area contributed by atoms with Gasteiger partial charge in [0, 0.05) is 25.5 Å². The number of methoxy groups -OCH3 is 2. The van der Waals surface area contributed by atoms with Crippen molar-refractivity contribution in [1.82, 2.24) is 9.97 Å². The van der Waals surface area contributed by atoms with Crippen molar-refractivity contribution in [2.24, 2.45) is 0 Å². The van der Waals surface area contributed by atoms with E-state index in [-0.39, 0.29) is 0 Å². The quantitative estimate of drug-likeness (QED) is 0.654. The predicted octanol–water partition coefficient (Wildman–Crippen LogP) is 3.92. The maximum atomic E-state index is 5.35. The van der Waals surface area contributed by atoms with Gasteiger partial charge in [0.1, 0.15) is 5.82 Å². The Hall–Kier alpha value is -3.28. The first-order chi connectivity index (χ1) is 13.2. The van der Waals surface area contributed by atoms with Crippen molar-refractivity contribution in [3.8, 4) is 11.5 Å². The summed E-state index contributed by atoms with van der Waals surface area (Å²) in [6.07, 6.45) is 2.61. The van der Waals surface area contributed by atoms with Crippen LogP contribution in [-0.4, -0.2) is 37.8 Å². The lowest BCUT2D eigenvalue weighted by Gasteiger charge is -2.17. The Morgan fingerprint density at radius 3 is 2.48 bits per heavy atom. The normalized spacial score (nSPS) is 10.3. The van der Waals surface area contributed by atoms with Crippen molar-refractivity contribution in [2.75, 3.05) is 38.0 Å². The Labute approximate surface area is 159 Å². The summed E-state index contributed by atoms with van der Waals surface area (Å²) in [6.45, 7) is 0.751. The minimum absolute atomic E-state index is 0.650. The van der Waals surface area contributed by atoms with Crippen molar-refractivity contribution in [1.29, 1.82) is 0 Å². The molecule has 0 aliphatic heterocycles. The molecule has 1 heterocycles. The number of nitrogens with zero attached hydrogens (tertiary/aromatic N) is 3. The minimum atomic E-state index is 0.650. The summed E-state index contributed by atoms with van der Waals surface area (Å²) in [5.74, 6) is 2.92. The zero-order valence-electron chi connectivity index (χ0n) is 15.8. The van der Waals surface area contributed by atoms with Crippen LogP contribution in [0.5, 0.6) is 11.5 Å². The molecule has 6 heteroatoms. The van der Waals surface area contributed by atoms with E-state index in [1.54, 1.807) is 20.4 Å². The number of hydrogen-bond donors (Lipinski definition) is 1. The van der Waals surface area contributed by atoms with E-state index in [4.69, 9.17) is 9.47 Å². The topological polar surface area (TPSA) is 59.5 Å². The second-order valence-electron chi connectivity index (χ2n) is 6.00. The molecule has 0 aliphatic rings. The van der Waals surface area contributed by atoms with Crippen LogP contribution in [-0.2, 0) is 6.42 Å². The summed E-state index contributed by atoms with van der Waals surface area (Å²) in [7, 11) is 5.24. The van der Waals surface area contributed by atoms with Crippen molar-refractivity contribution in [3.05, 3.63) is 66.4 Å². The highest BCUT2D eigenvalue weighted by atomic mass is 16.5. The Morgan fingerprint density at radius 1 is 0.963 bits per heavy atom. The molecular weight excluding hydrogens is 340 g/mol. The Morgan fingerprint density at radius 2 is 1.74 bits per heavy atom. The van der Waals surface area contributed by atoms with Crippen LogP contribution in [0.2, 0.25) is 0 Å². The van der Waals surface area contributed by atoms with Crippen molar-refractivity contribution in [2.45, 2.75) is 6.42 Å². The van der Waals surface area contributed by atoms with Crippen molar-refractivity contribution < 1.29 is 9.47 Å². The fourth-order valence-corrected chi connectivity index (χ4v) is 2.75. The first kappa shape index (κ1) is 18.5. The van der Waals surface area contributed by atoms with E-state index in [1.165, 1.54) is 0 Å². The monoisotopic (exact) mass is 364 g/mol. The average molecular weight is 364 g/mol. The molecule has 0 aliphatic carbocycles. The van der Waals surface area contributed by atoms with Gasteiger partial charge in [0.2, 0.25) is 5.95 Å². The number of para-hydroxylation sites is 1. The highest BCUT2D eigenvalue weighted by Crippen LogP contribution is 2.27. The Bertz CT molecular complexity index is 871. The van der Waals surface area contributed by atoms with Crippen LogP contribution in [0.25, 0.3) is 0 Å². The van der Waals surface area contributed by atoms with Crippen LogP contribution in [0.15, 0.2) is 60.8 Å².